The molecule has 1 fully saturated rings. The molecule has 3 aromatic rings. The van der Waals surface area contributed by atoms with Gasteiger partial charge >= 0.3 is 0 Å². The summed E-state index contributed by atoms with van der Waals surface area (Å²) in [5.74, 6) is 0.853. The number of ether oxygens (including phenoxy) is 1. The lowest BCUT2D eigenvalue weighted by atomic mass is 10.1. The average Bonchev–Trinajstić information content (AvgIpc) is 3.34. The minimum absolute atomic E-state index is 0.853. The van der Waals surface area contributed by atoms with Gasteiger partial charge in [0.05, 0.1) is 24.7 Å². The summed E-state index contributed by atoms with van der Waals surface area (Å²) in [6.45, 7) is 3.49. The molecule has 0 aliphatic carbocycles. The highest BCUT2D eigenvalue weighted by Gasteiger charge is 2.12. The molecular formula is C21H23N3O. The maximum atomic E-state index is 5.34. The Kier molecular flexibility index (Phi) is 4.53. The Morgan fingerprint density at radius 1 is 1.00 bits per heavy atom. The van der Waals surface area contributed by atoms with Crippen molar-refractivity contribution in [3.8, 4) is 22.7 Å². The number of nitrogens with zero attached hydrogens (tertiary/aromatic N) is 3. The number of benzene rings is 2. The molecule has 1 aliphatic heterocycles. The Hall–Kier alpha value is -2.59. The van der Waals surface area contributed by atoms with Crippen LogP contribution in [0.4, 0.5) is 0 Å². The molecule has 4 rings (SSSR count). The van der Waals surface area contributed by atoms with Crippen LogP contribution in [0.2, 0.25) is 0 Å². The summed E-state index contributed by atoms with van der Waals surface area (Å²) < 4.78 is 7.32. The third-order valence-corrected chi connectivity index (χ3v) is 4.79. The second kappa shape index (κ2) is 7.11. The lowest BCUT2D eigenvalue weighted by Crippen LogP contribution is -2.18. The summed E-state index contributed by atoms with van der Waals surface area (Å²) in [5, 5.41) is 4.52. The average molecular weight is 333 g/mol. The highest BCUT2D eigenvalue weighted by molar-refractivity contribution is 5.63. The summed E-state index contributed by atoms with van der Waals surface area (Å²) in [5.41, 5.74) is 4.60. The molecular weight excluding hydrogens is 310 g/mol. The number of aromatic nitrogens is 2. The normalized spacial score (nSPS) is 14.8. The zero-order valence-corrected chi connectivity index (χ0v) is 14.6. The van der Waals surface area contributed by atoms with E-state index >= 15 is 0 Å². The van der Waals surface area contributed by atoms with E-state index in [2.05, 4.69) is 40.3 Å². The standard InChI is InChI=1S/C21H23N3O/c1-25-20-6-4-5-18(15-20)21-11-12-22-24(21)19-9-7-17(8-10-19)16-23-13-2-3-14-23/h4-12,15H,2-3,13-14,16H2,1H3. The molecule has 2 aromatic carbocycles. The maximum absolute atomic E-state index is 5.34. The summed E-state index contributed by atoms with van der Waals surface area (Å²) >= 11 is 0. The van der Waals surface area contributed by atoms with Gasteiger partial charge in [-0.25, -0.2) is 4.68 Å². The van der Waals surface area contributed by atoms with Crippen LogP contribution in [0.25, 0.3) is 16.9 Å². The first-order valence-electron chi connectivity index (χ1n) is 8.83. The number of hydrogen-bond donors (Lipinski definition) is 0. The van der Waals surface area contributed by atoms with Gasteiger partial charge < -0.3 is 4.74 Å². The molecule has 128 valence electrons. The van der Waals surface area contributed by atoms with Crippen LogP contribution < -0.4 is 4.74 Å². The smallest absolute Gasteiger partial charge is 0.119 e. The molecule has 4 nitrogen and oxygen atoms in total. The van der Waals surface area contributed by atoms with Gasteiger partial charge in [0.15, 0.2) is 0 Å². The van der Waals surface area contributed by atoms with Crippen LogP contribution in [-0.2, 0) is 6.54 Å². The summed E-state index contributed by atoms with van der Waals surface area (Å²) in [4.78, 5) is 2.52. The minimum atomic E-state index is 0.853. The van der Waals surface area contributed by atoms with Gasteiger partial charge in [0.2, 0.25) is 0 Å². The van der Waals surface area contributed by atoms with E-state index in [0.29, 0.717) is 0 Å². The first kappa shape index (κ1) is 15.9. The van der Waals surface area contributed by atoms with Gasteiger partial charge in [-0.3, -0.25) is 4.90 Å². The Bertz CT molecular complexity index is 832. The van der Waals surface area contributed by atoms with Gasteiger partial charge in [0.1, 0.15) is 5.75 Å². The number of rotatable bonds is 5. The van der Waals surface area contributed by atoms with Gasteiger partial charge in [-0.05, 0) is 61.8 Å². The fourth-order valence-corrected chi connectivity index (χ4v) is 3.45. The molecule has 25 heavy (non-hydrogen) atoms. The van der Waals surface area contributed by atoms with Crippen molar-refractivity contribution in [3.63, 3.8) is 0 Å². The van der Waals surface area contributed by atoms with Crippen LogP contribution in [0.15, 0.2) is 60.8 Å². The van der Waals surface area contributed by atoms with Crippen LogP contribution in [-0.4, -0.2) is 34.9 Å². The van der Waals surface area contributed by atoms with E-state index in [1.54, 1.807) is 7.11 Å². The van der Waals surface area contributed by atoms with Gasteiger partial charge in [0, 0.05) is 12.1 Å². The molecule has 0 saturated carbocycles. The molecule has 0 radical (unpaired) electrons. The number of hydrogen-bond acceptors (Lipinski definition) is 3. The van der Waals surface area contributed by atoms with Crippen molar-refractivity contribution in [1.82, 2.24) is 14.7 Å². The molecule has 0 N–H and O–H groups in total. The molecule has 2 heterocycles. The molecule has 0 spiro atoms. The first-order valence-corrected chi connectivity index (χ1v) is 8.83. The van der Waals surface area contributed by atoms with Gasteiger partial charge in [0.25, 0.3) is 0 Å². The van der Waals surface area contributed by atoms with E-state index < -0.39 is 0 Å². The largest absolute Gasteiger partial charge is 0.497 e. The quantitative estimate of drug-likeness (QED) is 0.703. The van der Waals surface area contributed by atoms with Crippen molar-refractivity contribution >= 4 is 0 Å². The van der Waals surface area contributed by atoms with Crippen LogP contribution in [0.5, 0.6) is 5.75 Å². The molecule has 1 aromatic heterocycles. The van der Waals surface area contributed by atoms with E-state index in [4.69, 9.17) is 4.74 Å². The van der Waals surface area contributed by atoms with Gasteiger partial charge in [-0.2, -0.15) is 5.10 Å². The van der Waals surface area contributed by atoms with Crippen molar-refractivity contribution in [2.75, 3.05) is 20.2 Å². The first-order chi connectivity index (χ1) is 12.3. The van der Waals surface area contributed by atoms with Crippen LogP contribution in [0, 0.1) is 0 Å². The fourth-order valence-electron chi connectivity index (χ4n) is 3.45. The third-order valence-electron chi connectivity index (χ3n) is 4.79. The van der Waals surface area contributed by atoms with E-state index in [0.717, 1.165) is 29.2 Å². The highest BCUT2D eigenvalue weighted by atomic mass is 16.5. The van der Waals surface area contributed by atoms with Crippen molar-refractivity contribution in [2.24, 2.45) is 0 Å². The van der Waals surface area contributed by atoms with E-state index in [1.165, 1.54) is 31.5 Å². The number of methoxy groups -OCH3 is 1. The monoisotopic (exact) mass is 333 g/mol. The third kappa shape index (κ3) is 3.44. The van der Waals surface area contributed by atoms with Crippen molar-refractivity contribution in [2.45, 2.75) is 19.4 Å². The van der Waals surface area contributed by atoms with Crippen LogP contribution >= 0.6 is 0 Å². The molecule has 0 bridgehead atoms. The van der Waals surface area contributed by atoms with Crippen LogP contribution in [0.1, 0.15) is 18.4 Å². The molecule has 0 unspecified atom stereocenters. The lowest BCUT2D eigenvalue weighted by molar-refractivity contribution is 0.331. The van der Waals surface area contributed by atoms with Crippen molar-refractivity contribution < 1.29 is 4.74 Å². The zero-order valence-electron chi connectivity index (χ0n) is 14.6. The number of likely N-dealkylation sites (tertiary alicyclic amines) is 1. The second-order valence-electron chi connectivity index (χ2n) is 6.51. The van der Waals surface area contributed by atoms with Gasteiger partial charge in [-0.1, -0.05) is 24.3 Å². The Balaban J connectivity index is 1.59. The summed E-state index contributed by atoms with van der Waals surface area (Å²) in [7, 11) is 1.69. The second-order valence-corrected chi connectivity index (χ2v) is 6.51. The van der Waals surface area contributed by atoms with Gasteiger partial charge in [-0.15, -0.1) is 0 Å². The molecule has 1 saturated heterocycles. The van der Waals surface area contributed by atoms with E-state index in [-0.39, 0.29) is 0 Å². The minimum Gasteiger partial charge on any atom is -0.497 e. The lowest BCUT2D eigenvalue weighted by Gasteiger charge is -2.15. The summed E-state index contributed by atoms with van der Waals surface area (Å²) in [6, 6.07) is 18.8. The highest BCUT2D eigenvalue weighted by Crippen LogP contribution is 2.26. The Morgan fingerprint density at radius 3 is 2.56 bits per heavy atom. The molecule has 0 amide bonds. The van der Waals surface area contributed by atoms with E-state index in [9.17, 15) is 0 Å². The Labute approximate surface area is 148 Å². The van der Waals surface area contributed by atoms with Crippen molar-refractivity contribution in [3.05, 3.63) is 66.4 Å². The summed E-state index contributed by atoms with van der Waals surface area (Å²) in [6.07, 6.45) is 4.50. The molecule has 1 aliphatic rings. The van der Waals surface area contributed by atoms with E-state index in [1.807, 2.05) is 35.1 Å². The topological polar surface area (TPSA) is 30.3 Å². The SMILES string of the molecule is COc1cccc(-c2ccnn2-c2ccc(CN3CCCC3)cc2)c1. The predicted octanol–water partition coefficient (Wildman–Crippen LogP) is 4.14. The Morgan fingerprint density at radius 2 is 1.80 bits per heavy atom. The fraction of sp³-hybridized carbons (Fsp3) is 0.286. The zero-order chi connectivity index (χ0) is 17.1. The predicted molar refractivity (Wildman–Crippen MR) is 100 cm³/mol. The maximum Gasteiger partial charge on any atom is 0.119 e. The molecule has 4 heteroatoms. The van der Waals surface area contributed by atoms with Crippen LogP contribution in [0.3, 0.4) is 0 Å². The molecule has 0 atom stereocenters. The van der Waals surface area contributed by atoms with Crippen molar-refractivity contribution in [1.29, 1.82) is 0 Å².